The van der Waals surface area contributed by atoms with Gasteiger partial charge in [-0.25, -0.2) is 4.79 Å². The molecule has 0 aliphatic carbocycles. The van der Waals surface area contributed by atoms with Gasteiger partial charge in [-0.2, -0.15) is 4.99 Å². The maximum atomic E-state index is 10.2. The molecule has 0 saturated carbocycles. The van der Waals surface area contributed by atoms with Crippen LogP contribution in [0.25, 0.3) is 0 Å². The zero-order valence-electron chi connectivity index (χ0n) is 7.45. The van der Waals surface area contributed by atoms with Crippen molar-refractivity contribution in [1.82, 2.24) is 0 Å². The Morgan fingerprint density at radius 2 is 2.36 bits per heavy atom. The van der Waals surface area contributed by atoms with E-state index in [2.05, 4.69) is 20.9 Å². The topological polar surface area (TPSA) is 58.9 Å². The van der Waals surface area contributed by atoms with Gasteiger partial charge in [0.05, 0.1) is 13.7 Å². The molecule has 1 aromatic rings. The molecule has 4 nitrogen and oxygen atoms in total. The predicted molar refractivity (Wildman–Crippen MR) is 54.4 cm³/mol. The zero-order chi connectivity index (χ0) is 10.6. The molecule has 0 saturated heterocycles. The molecular formula is C9H8BrNO3. The highest BCUT2D eigenvalue weighted by molar-refractivity contribution is 9.10. The van der Waals surface area contributed by atoms with E-state index >= 15 is 0 Å². The minimum Gasteiger partial charge on any atom is -0.494 e. The van der Waals surface area contributed by atoms with Crippen molar-refractivity contribution in [3.8, 4) is 5.75 Å². The van der Waals surface area contributed by atoms with Crippen LogP contribution >= 0.6 is 15.9 Å². The molecule has 1 N–H and O–H groups in total. The van der Waals surface area contributed by atoms with Gasteiger partial charge in [-0.3, -0.25) is 0 Å². The summed E-state index contributed by atoms with van der Waals surface area (Å²) < 4.78 is 5.76. The van der Waals surface area contributed by atoms with Gasteiger partial charge in [0, 0.05) is 10.0 Å². The Morgan fingerprint density at radius 3 is 2.86 bits per heavy atom. The molecule has 0 aliphatic heterocycles. The second-order valence-electron chi connectivity index (χ2n) is 2.48. The Morgan fingerprint density at radius 1 is 1.64 bits per heavy atom. The minimum absolute atomic E-state index is 0.212. The summed E-state index contributed by atoms with van der Waals surface area (Å²) in [5.41, 5.74) is 0.827. The number of nitrogens with zero attached hydrogens (tertiary/aromatic N) is 1. The van der Waals surface area contributed by atoms with Crippen LogP contribution in [0.3, 0.4) is 0 Å². The van der Waals surface area contributed by atoms with E-state index in [-0.39, 0.29) is 6.61 Å². The number of aliphatic hydroxyl groups is 1. The van der Waals surface area contributed by atoms with Crippen LogP contribution in [0.1, 0.15) is 5.56 Å². The number of benzene rings is 1. The second-order valence-corrected chi connectivity index (χ2v) is 3.39. The molecule has 0 spiro atoms. The Balaban J connectivity index is 3.39. The van der Waals surface area contributed by atoms with Gasteiger partial charge < -0.3 is 9.84 Å². The normalized spacial score (nSPS) is 9.36. The molecule has 0 aliphatic rings. The molecule has 0 unspecified atom stereocenters. The lowest BCUT2D eigenvalue weighted by Gasteiger charge is -2.07. The summed E-state index contributed by atoms with van der Waals surface area (Å²) in [6.07, 6.45) is 1.42. The van der Waals surface area contributed by atoms with Crippen molar-refractivity contribution < 1.29 is 14.6 Å². The van der Waals surface area contributed by atoms with Gasteiger partial charge in [0.15, 0.2) is 0 Å². The van der Waals surface area contributed by atoms with Gasteiger partial charge in [-0.1, -0.05) is 15.9 Å². The van der Waals surface area contributed by atoms with E-state index in [1.165, 1.54) is 13.2 Å². The summed E-state index contributed by atoms with van der Waals surface area (Å²) in [5.74, 6) is 0.423. The average molecular weight is 258 g/mol. The van der Waals surface area contributed by atoms with Crippen molar-refractivity contribution in [1.29, 1.82) is 0 Å². The summed E-state index contributed by atoms with van der Waals surface area (Å²) in [6, 6.07) is 3.33. The Bertz CT molecular complexity index is 361. The molecule has 0 aromatic heterocycles. The van der Waals surface area contributed by atoms with Gasteiger partial charge in [0.2, 0.25) is 6.08 Å². The first kappa shape index (κ1) is 10.9. The lowest BCUT2D eigenvalue weighted by molar-refractivity contribution is 0.281. The third-order valence-corrected chi connectivity index (χ3v) is 2.12. The van der Waals surface area contributed by atoms with Crippen molar-refractivity contribution in [3.05, 3.63) is 22.2 Å². The van der Waals surface area contributed by atoms with Crippen molar-refractivity contribution >= 4 is 27.7 Å². The molecular weight excluding hydrogens is 250 g/mol. The molecule has 14 heavy (non-hydrogen) atoms. The first-order chi connectivity index (χ1) is 6.72. The fourth-order valence-corrected chi connectivity index (χ4v) is 1.56. The monoisotopic (exact) mass is 257 g/mol. The number of ether oxygens (including phenoxy) is 1. The van der Waals surface area contributed by atoms with Crippen LogP contribution in [-0.2, 0) is 11.4 Å². The Labute approximate surface area is 89.4 Å². The highest BCUT2D eigenvalue weighted by atomic mass is 79.9. The van der Waals surface area contributed by atoms with E-state index in [0.717, 1.165) is 4.47 Å². The summed E-state index contributed by atoms with van der Waals surface area (Å²) in [4.78, 5) is 13.6. The number of rotatable bonds is 3. The highest BCUT2D eigenvalue weighted by Crippen LogP contribution is 2.34. The average Bonchev–Trinajstić information content (AvgIpc) is 2.20. The van der Waals surface area contributed by atoms with Gasteiger partial charge in [-0.05, 0) is 12.1 Å². The lowest BCUT2D eigenvalue weighted by atomic mass is 10.2. The predicted octanol–water partition coefficient (Wildman–Crippen LogP) is 1.92. The number of methoxy groups -OCH3 is 1. The van der Waals surface area contributed by atoms with Crippen LogP contribution in [0.15, 0.2) is 21.6 Å². The van der Waals surface area contributed by atoms with Crippen LogP contribution in [0.4, 0.5) is 5.69 Å². The van der Waals surface area contributed by atoms with Gasteiger partial charge in [-0.15, -0.1) is 0 Å². The number of aliphatic imine (C=N–C) groups is 1. The number of hydrogen-bond donors (Lipinski definition) is 1. The molecule has 74 valence electrons. The second kappa shape index (κ2) is 4.91. The minimum atomic E-state index is -0.212. The first-order valence-electron chi connectivity index (χ1n) is 3.78. The molecule has 1 rings (SSSR count). The Hall–Kier alpha value is -1.16. The van der Waals surface area contributed by atoms with Crippen LogP contribution in [0.5, 0.6) is 5.75 Å². The highest BCUT2D eigenvalue weighted by Gasteiger charge is 2.09. The maximum absolute atomic E-state index is 10.2. The number of isocyanates is 1. The molecule has 0 amide bonds. The number of halogens is 1. The standard InChI is InChI=1S/C9H8BrNO3/c1-14-8-3-7(10)2-6(4-12)9(8)11-5-13/h2-3,12H,4H2,1H3. The zero-order valence-corrected chi connectivity index (χ0v) is 9.04. The van der Waals surface area contributed by atoms with E-state index in [0.29, 0.717) is 17.0 Å². The summed E-state index contributed by atoms with van der Waals surface area (Å²) >= 11 is 3.25. The molecule has 0 radical (unpaired) electrons. The third-order valence-electron chi connectivity index (χ3n) is 1.67. The lowest BCUT2D eigenvalue weighted by Crippen LogP contribution is -1.90. The number of carbonyl (C=O) groups excluding carboxylic acids is 1. The van der Waals surface area contributed by atoms with E-state index in [4.69, 9.17) is 9.84 Å². The maximum Gasteiger partial charge on any atom is 0.240 e. The van der Waals surface area contributed by atoms with Crippen LogP contribution < -0.4 is 4.74 Å². The quantitative estimate of drug-likeness (QED) is 0.665. The first-order valence-corrected chi connectivity index (χ1v) is 4.57. The van der Waals surface area contributed by atoms with E-state index in [1.54, 1.807) is 12.1 Å². The van der Waals surface area contributed by atoms with Crippen LogP contribution in [-0.4, -0.2) is 18.3 Å². The van der Waals surface area contributed by atoms with Gasteiger partial charge in [0.1, 0.15) is 11.4 Å². The largest absolute Gasteiger partial charge is 0.494 e. The molecule has 0 fully saturated rings. The van der Waals surface area contributed by atoms with Crippen LogP contribution in [0, 0.1) is 0 Å². The van der Waals surface area contributed by atoms with E-state index < -0.39 is 0 Å². The smallest absolute Gasteiger partial charge is 0.240 e. The van der Waals surface area contributed by atoms with Crippen molar-refractivity contribution in [2.75, 3.05) is 7.11 Å². The van der Waals surface area contributed by atoms with E-state index in [1.807, 2.05) is 0 Å². The van der Waals surface area contributed by atoms with Gasteiger partial charge >= 0.3 is 0 Å². The van der Waals surface area contributed by atoms with Crippen molar-refractivity contribution in [3.63, 3.8) is 0 Å². The van der Waals surface area contributed by atoms with E-state index in [9.17, 15) is 4.79 Å². The fourth-order valence-electron chi connectivity index (χ4n) is 1.08. The number of hydrogen-bond acceptors (Lipinski definition) is 4. The van der Waals surface area contributed by atoms with Crippen molar-refractivity contribution in [2.24, 2.45) is 4.99 Å². The summed E-state index contributed by atoms with van der Waals surface area (Å²) in [5, 5.41) is 9.02. The molecule has 1 aromatic carbocycles. The van der Waals surface area contributed by atoms with Crippen LogP contribution in [0.2, 0.25) is 0 Å². The molecule has 0 heterocycles. The third kappa shape index (κ3) is 2.20. The summed E-state index contributed by atoms with van der Waals surface area (Å²) in [6.45, 7) is -0.212. The van der Waals surface area contributed by atoms with Crippen molar-refractivity contribution in [2.45, 2.75) is 6.61 Å². The Kier molecular flexibility index (Phi) is 3.83. The van der Waals surface area contributed by atoms with Gasteiger partial charge in [0.25, 0.3) is 0 Å². The molecule has 0 atom stereocenters. The summed E-state index contributed by atoms with van der Waals surface area (Å²) in [7, 11) is 1.47. The molecule has 0 bridgehead atoms. The number of aliphatic hydroxyl groups excluding tert-OH is 1. The SMILES string of the molecule is COc1cc(Br)cc(CO)c1N=C=O. The fraction of sp³-hybridized carbons (Fsp3) is 0.222. The molecule has 5 heteroatoms.